The molecule has 3 heteroatoms. The summed E-state index contributed by atoms with van der Waals surface area (Å²) in [4.78, 5) is 1.20. The number of hydrogen-bond donors (Lipinski definition) is 0. The molecule has 0 aliphatic heterocycles. The fraction of sp³-hybridized carbons (Fsp3) is 0.214. The molecule has 2 aromatic rings. The Bertz CT molecular complexity index is 566. The van der Waals surface area contributed by atoms with Crippen molar-refractivity contribution in [1.82, 2.24) is 0 Å². The Kier molecular flexibility index (Phi) is 3.58. The highest BCUT2D eigenvalue weighted by atomic mass is 32.1. The molecule has 0 fully saturated rings. The van der Waals surface area contributed by atoms with E-state index in [1.54, 1.807) is 18.4 Å². The predicted octanol–water partition coefficient (Wildman–Crippen LogP) is 3.74. The summed E-state index contributed by atoms with van der Waals surface area (Å²) >= 11 is 1.68. The molecule has 17 heavy (non-hydrogen) atoms. The van der Waals surface area contributed by atoms with Gasteiger partial charge >= 0.3 is 0 Å². The van der Waals surface area contributed by atoms with Gasteiger partial charge in [0.15, 0.2) is 0 Å². The minimum absolute atomic E-state index is 0.640. The zero-order valence-electron chi connectivity index (χ0n) is 9.86. The van der Waals surface area contributed by atoms with Gasteiger partial charge in [-0.2, -0.15) is 5.26 Å². The molecule has 0 bridgehead atoms. The first-order valence-corrected chi connectivity index (χ1v) is 6.19. The molecule has 1 aromatic carbocycles. The molecule has 0 radical (unpaired) electrons. The number of nitrogens with zero attached hydrogens (tertiary/aromatic N) is 1. The summed E-state index contributed by atoms with van der Waals surface area (Å²) in [5.74, 6) is 0. The van der Waals surface area contributed by atoms with Crippen LogP contribution in [0.3, 0.4) is 0 Å². The van der Waals surface area contributed by atoms with Crippen LogP contribution in [0.5, 0.6) is 0 Å². The smallest absolute Gasteiger partial charge is 0.0991 e. The van der Waals surface area contributed by atoms with Crippen LogP contribution in [0.25, 0.3) is 11.1 Å². The summed E-state index contributed by atoms with van der Waals surface area (Å²) in [5.41, 5.74) is 4.07. The highest BCUT2D eigenvalue weighted by molar-refractivity contribution is 7.10. The number of hydrogen-bond acceptors (Lipinski definition) is 3. The lowest BCUT2D eigenvalue weighted by atomic mass is 10.0. The van der Waals surface area contributed by atoms with E-state index in [1.165, 1.54) is 4.88 Å². The molecule has 0 saturated heterocycles. The number of methoxy groups -OCH3 is 1. The van der Waals surface area contributed by atoms with Crippen LogP contribution in [-0.2, 0) is 11.3 Å². The van der Waals surface area contributed by atoms with Gasteiger partial charge in [0.25, 0.3) is 0 Å². The Hall–Kier alpha value is -1.63. The maximum absolute atomic E-state index is 8.96. The van der Waals surface area contributed by atoms with Crippen molar-refractivity contribution in [3.63, 3.8) is 0 Å². The maximum atomic E-state index is 8.96. The van der Waals surface area contributed by atoms with Crippen LogP contribution in [0.15, 0.2) is 29.6 Å². The van der Waals surface area contributed by atoms with E-state index in [0.717, 1.165) is 16.7 Å². The first-order valence-electron chi connectivity index (χ1n) is 5.31. The Morgan fingerprint density at radius 2 is 2.06 bits per heavy atom. The Morgan fingerprint density at radius 1 is 1.24 bits per heavy atom. The average Bonchev–Trinajstić information content (AvgIpc) is 2.77. The molecule has 0 N–H and O–H groups in total. The number of benzene rings is 1. The minimum Gasteiger partial charge on any atom is -0.379 e. The lowest BCUT2D eigenvalue weighted by Crippen LogP contribution is -1.83. The monoisotopic (exact) mass is 243 g/mol. The fourth-order valence-corrected chi connectivity index (χ4v) is 2.63. The summed E-state index contributed by atoms with van der Waals surface area (Å²) in [6, 6.07) is 10.2. The van der Waals surface area contributed by atoms with E-state index in [4.69, 9.17) is 10.00 Å². The zero-order chi connectivity index (χ0) is 12.3. The van der Waals surface area contributed by atoms with Gasteiger partial charge in [0.2, 0.25) is 0 Å². The number of aryl methyl sites for hydroxylation is 1. The van der Waals surface area contributed by atoms with E-state index in [1.807, 2.05) is 19.1 Å². The van der Waals surface area contributed by atoms with E-state index in [0.29, 0.717) is 12.2 Å². The van der Waals surface area contributed by atoms with Crippen LogP contribution in [0.4, 0.5) is 0 Å². The molecular weight excluding hydrogens is 230 g/mol. The van der Waals surface area contributed by atoms with Gasteiger partial charge in [-0.15, -0.1) is 11.3 Å². The maximum Gasteiger partial charge on any atom is 0.0991 e. The SMILES string of the molecule is COCc1cc(-c2cc(C)cc(C#N)c2)cs1. The van der Waals surface area contributed by atoms with Crippen molar-refractivity contribution < 1.29 is 4.74 Å². The molecule has 0 spiro atoms. The quantitative estimate of drug-likeness (QED) is 0.822. The molecule has 0 aliphatic carbocycles. The van der Waals surface area contributed by atoms with Crippen molar-refractivity contribution in [1.29, 1.82) is 5.26 Å². The van der Waals surface area contributed by atoms with Crippen LogP contribution in [0, 0.1) is 18.3 Å². The molecule has 0 aliphatic rings. The van der Waals surface area contributed by atoms with Crippen molar-refractivity contribution in [2.75, 3.05) is 7.11 Å². The van der Waals surface area contributed by atoms with Crippen molar-refractivity contribution in [2.45, 2.75) is 13.5 Å². The fourth-order valence-electron chi connectivity index (χ4n) is 1.76. The number of rotatable bonds is 3. The minimum atomic E-state index is 0.640. The van der Waals surface area contributed by atoms with Crippen LogP contribution in [-0.4, -0.2) is 7.11 Å². The summed E-state index contributed by atoms with van der Waals surface area (Å²) < 4.78 is 5.10. The molecule has 0 unspecified atom stereocenters. The lowest BCUT2D eigenvalue weighted by Gasteiger charge is -2.01. The summed E-state index contributed by atoms with van der Waals surface area (Å²) in [6.07, 6.45) is 0. The van der Waals surface area contributed by atoms with Crippen molar-refractivity contribution in [2.24, 2.45) is 0 Å². The van der Waals surface area contributed by atoms with Crippen molar-refractivity contribution >= 4 is 11.3 Å². The predicted molar refractivity (Wildman–Crippen MR) is 69.9 cm³/mol. The van der Waals surface area contributed by atoms with Crippen LogP contribution < -0.4 is 0 Å². The van der Waals surface area contributed by atoms with Crippen LogP contribution >= 0.6 is 11.3 Å². The molecular formula is C14H13NOS. The third-order valence-electron chi connectivity index (χ3n) is 2.48. The highest BCUT2D eigenvalue weighted by Crippen LogP contribution is 2.27. The van der Waals surface area contributed by atoms with E-state index >= 15 is 0 Å². The molecule has 1 aromatic heterocycles. The standard InChI is InChI=1S/C14H13NOS/c1-10-3-11(7-15)5-12(4-10)13-6-14(8-16-2)17-9-13/h3-6,9H,8H2,1-2H3. The number of thiophene rings is 1. The summed E-state index contributed by atoms with van der Waals surface area (Å²) in [5, 5.41) is 11.1. The first kappa shape index (κ1) is 11.8. The van der Waals surface area contributed by atoms with Gasteiger partial charge in [0.05, 0.1) is 18.2 Å². The van der Waals surface area contributed by atoms with Crippen LogP contribution in [0.1, 0.15) is 16.0 Å². The number of ether oxygens (including phenoxy) is 1. The van der Waals surface area contributed by atoms with Gasteiger partial charge in [0.1, 0.15) is 0 Å². The normalized spacial score (nSPS) is 10.2. The zero-order valence-corrected chi connectivity index (χ0v) is 10.7. The van der Waals surface area contributed by atoms with Crippen molar-refractivity contribution in [3.8, 4) is 17.2 Å². The number of nitriles is 1. The highest BCUT2D eigenvalue weighted by Gasteiger charge is 2.04. The molecule has 0 amide bonds. The summed E-state index contributed by atoms with van der Waals surface area (Å²) in [7, 11) is 1.69. The molecule has 0 atom stereocenters. The van der Waals surface area contributed by atoms with E-state index in [-0.39, 0.29) is 0 Å². The topological polar surface area (TPSA) is 33.0 Å². The molecule has 1 heterocycles. The molecule has 2 rings (SSSR count). The summed E-state index contributed by atoms with van der Waals surface area (Å²) in [6.45, 7) is 2.65. The first-order chi connectivity index (χ1) is 8.22. The second-order valence-corrected chi connectivity index (χ2v) is 4.93. The molecule has 0 saturated carbocycles. The second-order valence-electron chi connectivity index (χ2n) is 3.93. The molecule has 2 nitrogen and oxygen atoms in total. The van der Waals surface area contributed by atoms with E-state index < -0.39 is 0 Å². The van der Waals surface area contributed by atoms with Gasteiger partial charge < -0.3 is 4.74 Å². The van der Waals surface area contributed by atoms with Crippen molar-refractivity contribution in [3.05, 3.63) is 45.6 Å². The Balaban J connectivity index is 2.38. The van der Waals surface area contributed by atoms with Gasteiger partial charge in [-0.3, -0.25) is 0 Å². The Labute approximate surface area is 105 Å². The molecule has 86 valence electrons. The largest absolute Gasteiger partial charge is 0.379 e. The second kappa shape index (κ2) is 5.13. The van der Waals surface area contributed by atoms with E-state index in [9.17, 15) is 0 Å². The third kappa shape index (κ3) is 2.73. The Morgan fingerprint density at radius 3 is 2.76 bits per heavy atom. The van der Waals surface area contributed by atoms with Gasteiger partial charge in [-0.05, 0) is 47.2 Å². The third-order valence-corrected chi connectivity index (χ3v) is 3.39. The average molecular weight is 243 g/mol. The van der Waals surface area contributed by atoms with E-state index in [2.05, 4.69) is 23.6 Å². The van der Waals surface area contributed by atoms with Gasteiger partial charge in [-0.1, -0.05) is 6.07 Å². The van der Waals surface area contributed by atoms with Gasteiger partial charge in [0, 0.05) is 12.0 Å². The van der Waals surface area contributed by atoms with Gasteiger partial charge in [-0.25, -0.2) is 0 Å². The lowest BCUT2D eigenvalue weighted by molar-refractivity contribution is 0.187. The van der Waals surface area contributed by atoms with Crippen LogP contribution in [0.2, 0.25) is 0 Å².